The fourth-order valence-corrected chi connectivity index (χ4v) is 5.65. The van der Waals surface area contributed by atoms with Crippen LogP contribution in [0, 0.1) is 13.8 Å². The second kappa shape index (κ2) is 8.03. The van der Waals surface area contributed by atoms with Gasteiger partial charge < -0.3 is 0 Å². The van der Waals surface area contributed by atoms with E-state index >= 15 is 0 Å². The van der Waals surface area contributed by atoms with E-state index in [1.807, 2.05) is 68.4 Å². The molecule has 4 rings (SSSR count). The van der Waals surface area contributed by atoms with Crippen LogP contribution < -0.4 is 0 Å². The zero-order valence-corrected chi connectivity index (χ0v) is 17.9. The van der Waals surface area contributed by atoms with Gasteiger partial charge in [0.25, 0.3) is 0 Å². The van der Waals surface area contributed by atoms with Gasteiger partial charge in [-0.05, 0) is 43.5 Å². The zero-order valence-electron chi connectivity index (χ0n) is 17.1. The topological polar surface area (TPSA) is 69.0 Å². The van der Waals surface area contributed by atoms with Gasteiger partial charge in [-0.15, -0.1) is 0 Å². The van der Waals surface area contributed by atoms with Gasteiger partial charge in [0.05, 0.1) is 23.2 Å². The summed E-state index contributed by atoms with van der Waals surface area (Å²) in [4.78, 5) is 12.6. The third kappa shape index (κ3) is 4.14. The molecular formula is C24H24N2O3S. The van der Waals surface area contributed by atoms with Crippen molar-refractivity contribution in [1.82, 2.24) is 9.78 Å². The summed E-state index contributed by atoms with van der Waals surface area (Å²) in [5, 5.41) is 4.54. The molecule has 1 aliphatic rings. The molecule has 0 spiro atoms. The molecule has 30 heavy (non-hydrogen) atoms. The molecule has 2 heterocycles. The van der Waals surface area contributed by atoms with E-state index in [0.29, 0.717) is 12.0 Å². The Balaban J connectivity index is 1.52. The molecule has 1 atom stereocenters. The molecule has 0 aliphatic carbocycles. The SMILES string of the molecule is Cc1nn([C@H]2CCS(=O)(=O)C2)c(C)c1/C=C/C(=O)c1ccc(-c2ccccc2)cc1. The van der Waals surface area contributed by atoms with Gasteiger partial charge in [-0.25, -0.2) is 8.42 Å². The van der Waals surface area contributed by atoms with Gasteiger partial charge in [0.1, 0.15) is 0 Å². The number of carbonyl (C=O) groups is 1. The maximum atomic E-state index is 12.6. The summed E-state index contributed by atoms with van der Waals surface area (Å²) in [6.45, 7) is 3.80. The molecule has 0 saturated carbocycles. The number of sulfone groups is 1. The van der Waals surface area contributed by atoms with Crippen LogP contribution in [0.2, 0.25) is 0 Å². The van der Waals surface area contributed by atoms with E-state index in [0.717, 1.165) is 28.1 Å². The van der Waals surface area contributed by atoms with Crippen LogP contribution in [-0.4, -0.2) is 35.5 Å². The number of hydrogen-bond acceptors (Lipinski definition) is 4. The number of hydrogen-bond donors (Lipinski definition) is 0. The number of rotatable bonds is 5. The molecule has 0 radical (unpaired) electrons. The normalized spacial score (nSPS) is 18.1. The highest BCUT2D eigenvalue weighted by molar-refractivity contribution is 7.91. The van der Waals surface area contributed by atoms with Crippen LogP contribution in [-0.2, 0) is 9.84 Å². The highest BCUT2D eigenvalue weighted by atomic mass is 32.2. The standard InChI is InChI=1S/C24H24N2O3S/c1-17-23(18(2)26(25-17)22-14-15-30(28,29)16-22)12-13-24(27)21-10-8-20(9-11-21)19-6-4-3-5-7-19/h3-13,22H,14-16H2,1-2H3/b13-12+/t22-/m0/s1. The quantitative estimate of drug-likeness (QED) is 0.452. The number of benzene rings is 2. The largest absolute Gasteiger partial charge is 0.289 e. The van der Waals surface area contributed by atoms with E-state index < -0.39 is 9.84 Å². The molecule has 1 aliphatic heterocycles. The van der Waals surface area contributed by atoms with Crippen LogP contribution in [0.25, 0.3) is 17.2 Å². The monoisotopic (exact) mass is 420 g/mol. The Labute approximate surface area is 177 Å². The van der Waals surface area contributed by atoms with Crippen molar-refractivity contribution in [2.75, 3.05) is 11.5 Å². The van der Waals surface area contributed by atoms with Gasteiger partial charge in [0.15, 0.2) is 15.6 Å². The van der Waals surface area contributed by atoms with E-state index in [-0.39, 0.29) is 23.3 Å². The minimum Gasteiger partial charge on any atom is -0.289 e. The first-order chi connectivity index (χ1) is 14.3. The highest BCUT2D eigenvalue weighted by Gasteiger charge is 2.31. The lowest BCUT2D eigenvalue weighted by atomic mass is 10.0. The molecule has 6 heteroatoms. The maximum Gasteiger partial charge on any atom is 0.185 e. The molecule has 1 saturated heterocycles. The Morgan fingerprint density at radius 3 is 2.33 bits per heavy atom. The minimum absolute atomic E-state index is 0.0791. The number of ketones is 1. The molecule has 1 aromatic heterocycles. The Morgan fingerprint density at radius 2 is 1.70 bits per heavy atom. The van der Waals surface area contributed by atoms with Gasteiger partial charge >= 0.3 is 0 Å². The molecule has 3 aromatic rings. The van der Waals surface area contributed by atoms with E-state index in [2.05, 4.69) is 5.10 Å². The van der Waals surface area contributed by atoms with Crippen molar-refractivity contribution in [2.24, 2.45) is 0 Å². The summed E-state index contributed by atoms with van der Waals surface area (Å²) in [5.74, 6) is 0.258. The first kappa shape index (κ1) is 20.3. The second-order valence-corrected chi connectivity index (χ2v) is 9.96. The van der Waals surface area contributed by atoms with Crippen LogP contribution >= 0.6 is 0 Å². The lowest BCUT2D eigenvalue weighted by molar-refractivity contribution is 0.104. The fraction of sp³-hybridized carbons (Fsp3) is 0.250. The van der Waals surface area contributed by atoms with Crippen LogP contribution in [0.3, 0.4) is 0 Å². The van der Waals surface area contributed by atoms with Crippen LogP contribution in [0.5, 0.6) is 0 Å². The summed E-state index contributed by atoms with van der Waals surface area (Å²) in [7, 11) is -2.98. The fourth-order valence-electron chi connectivity index (χ4n) is 3.95. The predicted molar refractivity (Wildman–Crippen MR) is 119 cm³/mol. The Bertz CT molecular complexity index is 1210. The van der Waals surface area contributed by atoms with Crippen molar-refractivity contribution in [2.45, 2.75) is 26.3 Å². The van der Waals surface area contributed by atoms with Crippen molar-refractivity contribution in [3.05, 3.63) is 83.2 Å². The number of carbonyl (C=O) groups excluding carboxylic acids is 1. The molecule has 0 N–H and O–H groups in total. The Kier molecular flexibility index (Phi) is 5.43. The van der Waals surface area contributed by atoms with E-state index in [1.165, 1.54) is 0 Å². The second-order valence-electron chi connectivity index (χ2n) is 7.73. The lowest BCUT2D eigenvalue weighted by Crippen LogP contribution is -2.13. The minimum atomic E-state index is -2.98. The third-order valence-corrected chi connectivity index (χ3v) is 7.36. The smallest absolute Gasteiger partial charge is 0.185 e. The molecule has 0 bridgehead atoms. The Morgan fingerprint density at radius 1 is 1.03 bits per heavy atom. The van der Waals surface area contributed by atoms with Crippen molar-refractivity contribution in [3.63, 3.8) is 0 Å². The molecular weight excluding hydrogens is 396 g/mol. The van der Waals surface area contributed by atoms with E-state index in [4.69, 9.17) is 0 Å². The molecule has 2 aromatic carbocycles. The summed E-state index contributed by atoms with van der Waals surface area (Å²) in [6, 6.07) is 17.5. The van der Waals surface area contributed by atoms with Gasteiger partial charge in [-0.2, -0.15) is 5.10 Å². The van der Waals surface area contributed by atoms with Crippen molar-refractivity contribution in [3.8, 4) is 11.1 Å². The number of aryl methyl sites for hydroxylation is 1. The lowest BCUT2D eigenvalue weighted by Gasteiger charge is -2.10. The van der Waals surface area contributed by atoms with Crippen molar-refractivity contribution < 1.29 is 13.2 Å². The summed E-state index contributed by atoms with van der Waals surface area (Å²) < 4.78 is 25.4. The molecule has 0 unspecified atom stereocenters. The maximum absolute atomic E-state index is 12.6. The first-order valence-corrected chi connectivity index (χ1v) is 11.8. The third-order valence-electron chi connectivity index (χ3n) is 5.61. The van der Waals surface area contributed by atoms with E-state index in [1.54, 1.807) is 16.8 Å². The summed E-state index contributed by atoms with van der Waals surface area (Å²) in [6.07, 6.45) is 3.93. The van der Waals surface area contributed by atoms with Gasteiger partial charge in [-0.3, -0.25) is 9.48 Å². The first-order valence-electron chi connectivity index (χ1n) is 9.98. The predicted octanol–water partition coefficient (Wildman–Crippen LogP) is 4.42. The average Bonchev–Trinajstić information content (AvgIpc) is 3.25. The number of aromatic nitrogens is 2. The molecule has 154 valence electrons. The molecule has 0 amide bonds. The highest BCUT2D eigenvalue weighted by Crippen LogP contribution is 2.27. The van der Waals surface area contributed by atoms with E-state index in [9.17, 15) is 13.2 Å². The Hall–Kier alpha value is -2.99. The summed E-state index contributed by atoms with van der Waals surface area (Å²) >= 11 is 0. The van der Waals surface area contributed by atoms with Crippen molar-refractivity contribution in [1.29, 1.82) is 0 Å². The number of allylic oxidation sites excluding steroid dienone is 1. The van der Waals surface area contributed by atoms with Gasteiger partial charge in [0.2, 0.25) is 0 Å². The van der Waals surface area contributed by atoms with Crippen LogP contribution in [0.4, 0.5) is 0 Å². The van der Waals surface area contributed by atoms with Crippen LogP contribution in [0.15, 0.2) is 60.7 Å². The van der Waals surface area contributed by atoms with Gasteiger partial charge in [-0.1, -0.05) is 54.6 Å². The average molecular weight is 421 g/mol. The van der Waals surface area contributed by atoms with Crippen molar-refractivity contribution >= 4 is 21.7 Å². The molecule has 5 nitrogen and oxygen atoms in total. The summed E-state index contributed by atoms with van der Waals surface area (Å²) in [5.41, 5.74) is 5.35. The van der Waals surface area contributed by atoms with Crippen LogP contribution in [0.1, 0.15) is 39.8 Å². The number of nitrogens with zero attached hydrogens (tertiary/aromatic N) is 2. The zero-order chi connectivity index (χ0) is 21.3. The molecule has 1 fully saturated rings. The van der Waals surface area contributed by atoms with Gasteiger partial charge in [0, 0.05) is 16.8 Å².